The van der Waals surface area contributed by atoms with Gasteiger partial charge in [0.1, 0.15) is 0 Å². The summed E-state index contributed by atoms with van der Waals surface area (Å²) in [6, 6.07) is 15.0. The molecule has 2 N–H and O–H groups in total. The van der Waals surface area contributed by atoms with Crippen LogP contribution >= 0.6 is 11.6 Å². The first kappa shape index (κ1) is 20.6. The Kier molecular flexibility index (Phi) is 5.64. The number of piperidine rings is 1. The Bertz CT molecular complexity index is 1170. The molecule has 0 saturated carbocycles. The van der Waals surface area contributed by atoms with Crippen molar-refractivity contribution in [3.8, 4) is 16.9 Å². The van der Waals surface area contributed by atoms with Gasteiger partial charge in [0, 0.05) is 23.7 Å². The average molecular weight is 445 g/mol. The lowest BCUT2D eigenvalue weighted by molar-refractivity contribution is 0.0718. The first-order valence-corrected chi connectivity index (χ1v) is 11.5. The van der Waals surface area contributed by atoms with Crippen molar-refractivity contribution in [1.82, 2.24) is 14.7 Å². The smallest absolute Gasteiger partial charge is 0.274 e. The molecule has 0 atom stereocenters. The fourth-order valence-electron chi connectivity index (χ4n) is 3.54. The summed E-state index contributed by atoms with van der Waals surface area (Å²) in [5, 5.41) is 10.4. The minimum Gasteiger partial charge on any atom is -0.337 e. The molecule has 1 aliphatic rings. The number of hydrogen-bond donors (Lipinski definition) is 1. The maximum atomic E-state index is 13.0. The van der Waals surface area contributed by atoms with Gasteiger partial charge in [0.25, 0.3) is 5.91 Å². The molecular formula is C21H21ClN4O3S. The molecule has 1 saturated heterocycles. The highest BCUT2D eigenvalue weighted by Gasteiger charge is 2.23. The van der Waals surface area contributed by atoms with E-state index < -0.39 is 10.0 Å². The first-order valence-electron chi connectivity index (χ1n) is 9.61. The maximum absolute atomic E-state index is 13.0. The molecule has 0 radical (unpaired) electrons. The molecular weight excluding hydrogens is 424 g/mol. The van der Waals surface area contributed by atoms with Gasteiger partial charge >= 0.3 is 0 Å². The summed E-state index contributed by atoms with van der Waals surface area (Å²) >= 11 is 6.01. The van der Waals surface area contributed by atoms with E-state index in [1.54, 1.807) is 35.0 Å². The summed E-state index contributed by atoms with van der Waals surface area (Å²) in [5.41, 5.74) is 2.46. The van der Waals surface area contributed by atoms with Gasteiger partial charge in [0.15, 0.2) is 5.69 Å². The number of amides is 1. The van der Waals surface area contributed by atoms with Crippen LogP contribution in [0, 0.1) is 0 Å². The second kappa shape index (κ2) is 8.22. The fourth-order valence-corrected chi connectivity index (χ4v) is 4.19. The monoisotopic (exact) mass is 444 g/mol. The summed E-state index contributed by atoms with van der Waals surface area (Å²) in [6.45, 7) is 1.45. The van der Waals surface area contributed by atoms with Crippen LogP contribution in [-0.4, -0.2) is 42.1 Å². The molecule has 0 bridgehead atoms. The summed E-state index contributed by atoms with van der Waals surface area (Å²) in [5.74, 6) is -0.107. The lowest BCUT2D eigenvalue weighted by atomic mass is 10.1. The number of nitrogens with zero attached hydrogens (tertiary/aromatic N) is 3. The molecule has 7 nitrogen and oxygen atoms in total. The maximum Gasteiger partial charge on any atom is 0.274 e. The van der Waals surface area contributed by atoms with Crippen LogP contribution in [0.1, 0.15) is 29.8 Å². The molecule has 0 unspecified atom stereocenters. The molecule has 1 aromatic heterocycles. The van der Waals surface area contributed by atoms with E-state index in [1.807, 2.05) is 17.0 Å². The van der Waals surface area contributed by atoms with Crippen molar-refractivity contribution in [2.45, 2.75) is 24.2 Å². The van der Waals surface area contributed by atoms with Crippen LogP contribution in [0.3, 0.4) is 0 Å². The predicted molar refractivity (Wildman–Crippen MR) is 115 cm³/mol. The lowest BCUT2D eigenvalue weighted by Gasteiger charge is -2.25. The second-order valence-electron chi connectivity index (χ2n) is 7.23. The van der Waals surface area contributed by atoms with Crippen LogP contribution < -0.4 is 5.14 Å². The highest BCUT2D eigenvalue weighted by molar-refractivity contribution is 7.89. The third kappa shape index (κ3) is 4.26. The van der Waals surface area contributed by atoms with Gasteiger partial charge in [-0.1, -0.05) is 23.7 Å². The molecule has 1 fully saturated rings. The standard InChI is InChI=1S/C21H21ClN4O3S/c22-16-6-8-17(9-7-16)26-20(15-4-10-18(11-5-15)30(23,28)29)14-19(24-26)21(27)25-12-2-1-3-13-25/h4-11,14H,1-3,12-13H2,(H2,23,28,29). The van der Waals surface area contributed by atoms with Gasteiger partial charge in [-0.2, -0.15) is 5.10 Å². The number of sulfonamides is 1. The highest BCUT2D eigenvalue weighted by Crippen LogP contribution is 2.27. The van der Waals surface area contributed by atoms with Gasteiger partial charge in [0.2, 0.25) is 10.0 Å². The van der Waals surface area contributed by atoms with Crippen LogP contribution in [0.5, 0.6) is 0 Å². The minimum atomic E-state index is -3.79. The Morgan fingerprint density at radius 3 is 2.20 bits per heavy atom. The SMILES string of the molecule is NS(=O)(=O)c1ccc(-c2cc(C(=O)N3CCCCC3)nn2-c2ccc(Cl)cc2)cc1. The van der Waals surface area contributed by atoms with Crippen LogP contribution in [0.25, 0.3) is 16.9 Å². The van der Waals surface area contributed by atoms with Crippen molar-refractivity contribution >= 4 is 27.5 Å². The molecule has 4 rings (SSSR count). The van der Waals surface area contributed by atoms with Crippen molar-refractivity contribution in [2.75, 3.05) is 13.1 Å². The van der Waals surface area contributed by atoms with Crippen LogP contribution in [0.4, 0.5) is 0 Å². The van der Waals surface area contributed by atoms with E-state index in [2.05, 4.69) is 5.10 Å². The first-order chi connectivity index (χ1) is 14.3. The zero-order valence-corrected chi connectivity index (χ0v) is 17.7. The number of halogens is 1. The Morgan fingerprint density at radius 2 is 1.60 bits per heavy atom. The summed E-state index contributed by atoms with van der Waals surface area (Å²) in [4.78, 5) is 14.8. The Hall–Kier alpha value is -2.68. The normalized spacial score (nSPS) is 14.7. The third-order valence-corrected chi connectivity index (χ3v) is 6.30. The number of rotatable bonds is 4. The van der Waals surface area contributed by atoms with Crippen molar-refractivity contribution in [1.29, 1.82) is 0 Å². The predicted octanol–water partition coefficient (Wildman–Crippen LogP) is 3.47. The Balaban J connectivity index is 1.78. The second-order valence-corrected chi connectivity index (χ2v) is 9.22. The molecule has 0 aliphatic carbocycles. The van der Waals surface area contributed by atoms with Gasteiger partial charge in [-0.25, -0.2) is 18.2 Å². The number of nitrogens with two attached hydrogens (primary N) is 1. The molecule has 2 aromatic carbocycles. The van der Waals surface area contributed by atoms with Crippen LogP contribution in [0.15, 0.2) is 59.5 Å². The van der Waals surface area contributed by atoms with Crippen molar-refractivity contribution < 1.29 is 13.2 Å². The Morgan fingerprint density at radius 1 is 0.967 bits per heavy atom. The van der Waals surface area contributed by atoms with E-state index in [9.17, 15) is 13.2 Å². The van der Waals surface area contributed by atoms with Gasteiger partial charge in [-0.05, 0) is 61.7 Å². The number of aromatic nitrogens is 2. The van der Waals surface area contributed by atoms with Gasteiger partial charge in [0.05, 0.1) is 16.3 Å². The van der Waals surface area contributed by atoms with Gasteiger partial charge in [-0.15, -0.1) is 0 Å². The Labute approximate surface area is 180 Å². The molecule has 3 aromatic rings. The highest BCUT2D eigenvalue weighted by atomic mass is 35.5. The van der Waals surface area contributed by atoms with Gasteiger partial charge < -0.3 is 4.90 Å². The van der Waals surface area contributed by atoms with E-state index in [0.717, 1.165) is 38.0 Å². The minimum absolute atomic E-state index is 0.0217. The number of likely N-dealkylation sites (tertiary alicyclic amines) is 1. The molecule has 156 valence electrons. The molecule has 0 spiro atoms. The molecule has 30 heavy (non-hydrogen) atoms. The van der Waals surface area contributed by atoms with E-state index in [0.29, 0.717) is 22.0 Å². The summed E-state index contributed by atoms with van der Waals surface area (Å²) in [6.07, 6.45) is 3.11. The average Bonchev–Trinajstić information content (AvgIpc) is 3.19. The van der Waals surface area contributed by atoms with Crippen LogP contribution in [0.2, 0.25) is 5.02 Å². The fraction of sp³-hybridized carbons (Fsp3) is 0.238. The van der Waals surface area contributed by atoms with E-state index >= 15 is 0 Å². The summed E-state index contributed by atoms with van der Waals surface area (Å²) in [7, 11) is -3.79. The largest absolute Gasteiger partial charge is 0.337 e. The number of hydrogen-bond acceptors (Lipinski definition) is 4. The van der Waals surface area contributed by atoms with Crippen LogP contribution in [-0.2, 0) is 10.0 Å². The number of carbonyl (C=O) groups excluding carboxylic acids is 1. The number of benzene rings is 2. The zero-order valence-electron chi connectivity index (χ0n) is 16.2. The molecule has 2 heterocycles. The van der Waals surface area contributed by atoms with E-state index in [-0.39, 0.29) is 10.8 Å². The van der Waals surface area contributed by atoms with Crippen molar-refractivity contribution in [3.63, 3.8) is 0 Å². The van der Waals surface area contributed by atoms with E-state index in [4.69, 9.17) is 16.7 Å². The third-order valence-electron chi connectivity index (χ3n) is 5.12. The number of primary sulfonamides is 1. The zero-order chi connectivity index (χ0) is 21.3. The van der Waals surface area contributed by atoms with E-state index in [1.165, 1.54) is 12.1 Å². The molecule has 1 aliphatic heterocycles. The molecule has 1 amide bonds. The van der Waals surface area contributed by atoms with Crippen molar-refractivity contribution in [2.24, 2.45) is 5.14 Å². The quantitative estimate of drug-likeness (QED) is 0.666. The topological polar surface area (TPSA) is 98.3 Å². The van der Waals surface area contributed by atoms with Crippen molar-refractivity contribution in [3.05, 3.63) is 65.3 Å². The molecule has 9 heteroatoms. The van der Waals surface area contributed by atoms with Gasteiger partial charge in [-0.3, -0.25) is 4.79 Å². The lowest BCUT2D eigenvalue weighted by Crippen LogP contribution is -2.35. The summed E-state index contributed by atoms with van der Waals surface area (Å²) < 4.78 is 24.8. The number of carbonyl (C=O) groups is 1.